The van der Waals surface area contributed by atoms with E-state index in [0.717, 1.165) is 38.9 Å². The van der Waals surface area contributed by atoms with Crippen LogP contribution in [0.15, 0.2) is 24.3 Å². The van der Waals surface area contributed by atoms with Gasteiger partial charge in [0.15, 0.2) is 0 Å². The molecule has 2 saturated heterocycles. The molecule has 6 nitrogen and oxygen atoms in total. The van der Waals surface area contributed by atoms with Crippen LogP contribution in [0.1, 0.15) is 52.5 Å². The molecule has 2 amide bonds. The molecule has 1 aromatic carbocycles. The number of benzene rings is 1. The van der Waals surface area contributed by atoms with Crippen LogP contribution in [0.4, 0.5) is 5.69 Å². The minimum absolute atomic E-state index is 0.0641. The fraction of sp³-hybridized carbons (Fsp3) is 0.652. The number of nitrogens with zero attached hydrogens (tertiary/aromatic N) is 2. The summed E-state index contributed by atoms with van der Waals surface area (Å²) in [6, 6.07) is 9.01. The van der Waals surface area contributed by atoms with Crippen LogP contribution in [0.5, 0.6) is 0 Å². The van der Waals surface area contributed by atoms with Crippen molar-refractivity contribution in [2.45, 2.75) is 64.5 Å². The van der Waals surface area contributed by atoms with E-state index in [-0.39, 0.29) is 17.4 Å². The molecule has 2 unspecified atom stereocenters. The minimum atomic E-state index is -0.449. The standard InChI is InChI=1S/C23H36N4O2/c1-5-17-16-18(10-11-24-17)25-21(28)22(29)27-14-12-26(13-15-27)20-9-7-6-8-19(20)23(2,3)4/h6-9,17-18,24H,5,10-16H2,1-4H3,(H,25,28). The summed E-state index contributed by atoms with van der Waals surface area (Å²) in [5, 5.41) is 6.42. The van der Waals surface area contributed by atoms with E-state index in [9.17, 15) is 9.59 Å². The Kier molecular flexibility index (Phi) is 6.83. The molecule has 2 fully saturated rings. The van der Waals surface area contributed by atoms with Gasteiger partial charge in [-0.2, -0.15) is 0 Å². The first kappa shape index (κ1) is 21.6. The number of piperazine rings is 1. The molecule has 2 N–H and O–H groups in total. The van der Waals surface area contributed by atoms with Gasteiger partial charge >= 0.3 is 11.8 Å². The SMILES string of the molecule is CCC1CC(NC(=O)C(=O)N2CCN(c3ccccc3C(C)(C)C)CC2)CCN1. The van der Waals surface area contributed by atoms with Gasteiger partial charge in [0.25, 0.3) is 0 Å². The number of nitrogens with one attached hydrogen (secondary N) is 2. The van der Waals surface area contributed by atoms with Gasteiger partial charge in [0.1, 0.15) is 0 Å². The van der Waals surface area contributed by atoms with E-state index in [1.54, 1.807) is 4.90 Å². The highest BCUT2D eigenvalue weighted by molar-refractivity contribution is 6.35. The van der Waals surface area contributed by atoms with Crippen LogP contribution in [0.2, 0.25) is 0 Å². The van der Waals surface area contributed by atoms with Crippen molar-refractivity contribution in [3.8, 4) is 0 Å². The van der Waals surface area contributed by atoms with Crippen molar-refractivity contribution in [1.82, 2.24) is 15.5 Å². The van der Waals surface area contributed by atoms with Crippen LogP contribution in [0.3, 0.4) is 0 Å². The summed E-state index contributed by atoms with van der Waals surface area (Å²) in [6.45, 7) is 12.4. The first-order valence-corrected chi connectivity index (χ1v) is 11.0. The molecule has 2 aliphatic heterocycles. The number of carbonyl (C=O) groups excluding carboxylic acids is 2. The fourth-order valence-electron chi connectivity index (χ4n) is 4.37. The highest BCUT2D eigenvalue weighted by Gasteiger charge is 2.30. The second-order valence-corrected chi connectivity index (χ2v) is 9.30. The lowest BCUT2D eigenvalue weighted by atomic mass is 9.85. The van der Waals surface area contributed by atoms with E-state index in [1.807, 2.05) is 0 Å². The second-order valence-electron chi connectivity index (χ2n) is 9.30. The zero-order valence-electron chi connectivity index (χ0n) is 18.3. The lowest BCUT2D eigenvalue weighted by molar-refractivity contribution is -0.146. The number of para-hydroxylation sites is 1. The third kappa shape index (κ3) is 5.30. The Hall–Kier alpha value is -2.08. The maximum Gasteiger partial charge on any atom is 0.312 e. The van der Waals surface area contributed by atoms with Crippen molar-refractivity contribution in [3.05, 3.63) is 29.8 Å². The summed E-state index contributed by atoms with van der Waals surface area (Å²) in [4.78, 5) is 29.2. The Bertz CT molecular complexity index is 720. The first-order chi connectivity index (χ1) is 13.8. The number of rotatable bonds is 3. The van der Waals surface area contributed by atoms with Gasteiger partial charge in [-0.15, -0.1) is 0 Å². The third-order valence-corrected chi connectivity index (χ3v) is 6.14. The topological polar surface area (TPSA) is 64.7 Å². The number of hydrogen-bond acceptors (Lipinski definition) is 4. The number of hydrogen-bond donors (Lipinski definition) is 2. The molecule has 1 aromatic rings. The van der Waals surface area contributed by atoms with Crippen molar-refractivity contribution >= 4 is 17.5 Å². The van der Waals surface area contributed by atoms with Gasteiger partial charge in [-0.25, -0.2) is 0 Å². The van der Waals surface area contributed by atoms with E-state index in [1.165, 1.54) is 11.3 Å². The average Bonchev–Trinajstić information content (AvgIpc) is 2.73. The quantitative estimate of drug-likeness (QED) is 0.764. The van der Waals surface area contributed by atoms with Crippen molar-refractivity contribution in [3.63, 3.8) is 0 Å². The third-order valence-electron chi connectivity index (χ3n) is 6.14. The van der Waals surface area contributed by atoms with Gasteiger partial charge < -0.3 is 20.4 Å². The molecule has 160 valence electrons. The predicted octanol–water partition coefficient (Wildman–Crippen LogP) is 2.28. The lowest BCUT2D eigenvalue weighted by Crippen LogP contribution is -2.55. The van der Waals surface area contributed by atoms with E-state index < -0.39 is 5.91 Å². The second kappa shape index (κ2) is 9.16. The van der Waals surface area contributed by atoms with Crippen molar-refractivity contribution in [2.24, 2.45) is 0 Å². The number of amides is 2. The highest BCUT2D eigenvalue weighted by atomic mass is 16.2. The smallest absolute Gasteiger partial charge is 0.312 e. The molecule has 29 heavy (non-hydrogen) atoms. The highest BCUT2D eigenvalue weighted by Crippen LogP contribution is 2.32. The van der Waals surface area contributed by atoms with E-state index in [0.29, 0.717) is 19.1 Å². The first-order valence-electron chi connectivity index (χ1n) is 11.0. The van der Waals surface area contributed by atoms with Gasteiger partial charge in [0.2, 0.25) is 0 Å². The van der Waals surface area contributed by atoms with Crippen molar-refractivity contribution in [2.75, 3.05) is 37.6 Å². The molecule has 2 heterocycles. The summed E-state index contributed by atoms with van der Waals surface area (Å²) in [5.41, 5.74) is 2.61. The van der Waals surface area contributed by atoms with Crippen molar-refractivity contribution in [1.29, 1.82) is 0 Å². The molecule has 2 aliphatic rings. The Morgan fingerprint density at radius 2 is 1.83 bits per heavy atom. The Morgan fingerprint density at radius 1 is 1.14 bits per heavy atom. The zero-order valence-corrected chi connectivity index (χ0v) is 18.3. The summed E-state index contributed by atoms with van der Waals surface area (Å²) >= 11 is 0. The molecule has 0 saturated carbocycles. The van der Waals surface area contributed by atoms with Gasteiger partial charge in [0, 0.05) is 44.0 Å². The average molecular weight is 401 g/mol. The van der Waals surface area contributed by atoms with Gasteiger partial charge in [-0.05, 0) is 42.9 Å². The Morgan fingerprint density at radius 3 is 2.48 bits per heavy atom. The largest absolute Gasteiger partial charge is 0.368 e. The molecule has 0 radical (unpaired) electrons. The van der Waals surface area contributed by atoms with Crippen LogP contribution >= 0.6 is 0 Å². The Labute approximate surface area is 175 Å². The number of carbonyl (C=O) groups is 2. The monoisotopic (exact) mass is 400 g/mol. The maximum absolute atomic E-state index is 12.7. The summed E-state index contributed by atoms with van der Waals surface area (Å²) in [6.07, 6.45) is 2.82. The fourth-order valence-corrected chi connectivity index (χ4v) is 4.37. The molecular formula is C23H36N4O2. The van der Waals surface area contributed by atoms with Gasteiger partial charge in [-0.1, -0.05) is 45.9 Å². The molecular weight excluding hydrogens is 364 g/mol. The van der Waals surface area contributed by atoms with Crippen LogP contribution in [-0.2, 0) is 15.0 Å². The molecule has 3 rings (SSSR count). The van der Waals surface area contributed by atoms with Crippen LogP contribution in [0, 0.1) is 0 Å². The van der Waals surface area contributed by atoms with Crippen molar-refractivity contribution < 1.29 is 9.59 Å². The summed E-state index contributed by atoms with van der Waals surface area (Å²) in [7, 11) is 0. The summed E-state index contributed by atoms with van der Waals surface area (Å²) < 4.78 is 0. The van der Waals surface area contributed by atoms with Crippen LogP contribution < -0.4 is 15.5 Å². The molecule has 0 bridgehead atoms. The molecule has 0 aliphatic carbocycles. The zero-order chi connectivity index (χ0) is 21.0. The lowest BCUT2D eigenvalue weighted by Gasteiger charge is -2.38. The summed E-state index contributed by atoms with van der Waals surface area (Å²) in [5.74, 6) is -0.837. The maximum atomic E-state index is 12.7. The van der Waals surface area contributed by atoms with Gasteiger partial charge in [0.05, 0.1) is 0 Å². The normalized spacial score (nSPS) is 23.0. The Balaban J connectivity index is 1.55. The van der Waals surface area contributed by atoms with Crippen LogP contribution in [0.25, 0.3) is 0 Å². The van der Waals surface area contributed by atoms with E-state index >= 15 is 0 Å². The predicted molar refractivity (Wildman–Crippen MR) is 117 cm³/mol. The van der Waals surface area contributed by atoms with Crippen LogP contribution in [-0.4, -0.2) is 61.5 Å². The molecule has 0 aromatic heterocycles. The van der Waals surface area contributed by atoms with E-state index in [4.69, 9.17) is 0 Å². The van der Waals surface area contributed by atoms with E-state index in [2.05, 4.69) is 67.5 Å². The number of piperidine rings is 1. The number of anilines is 1. The molecule has 2 atom stereocenters. The molecule has 0 spiro atoms. The van der Waals surface area contributed by atoms with Gasteiger partial charge in [-0.3, -0.25) is 9.59 Å². The molecule has 6 heteroatoms. The minimum Gasteiger partial charge on any atom is -0.368 e.